The van der Waals surface area contributed by atoms with Crippen molar-refractivity contribution in [3.8, 4) is 11.8 Å². The first-order valence-electron chi connectivity index (χ1n) is 10.1. The van der Waals surface area contributed by atoms with Crippen LogP contribution in [-0.2, 0) is 20.9 Å². The molecule has 0 spiro atoms. The zero-order chi connectivity index (χ0) is 25.7. The van der Waals surface area contributed by atoms with E-state index in [2.05, 4.69) is 10.1 Å². The van der Waals surface area contributed by atoms with E-state index in [0.29, 0.717) is 11.1 Å². The predicted molar refractivity (Wildman–Crippen MR) is 116 cm³/mol. The third kappa shape index (κ3) is 5.52. The monoisotopic (exact) mass is 490 g/mol. The van der Waals surface area contributed by atoms with Crippen molar-refractivity contribution in [2.45, 2.75) is 25.4 Å². The summed E-state index contributed by atoms with van der Waals surface area (Å²) >= 11 is 0. The van der Waals surface area contributed by atoms with Crippen LogP contribution in [0.15, 0.2) is 36.4 Å². The number of para-hydroxylation sites is 1. The largest absolute Gasteiger partial charge is 0.478 e. The van der Waals surface area contributed by atoms with E-state index in [-0.39, 0.29) is 31.1 Å². The number of halogens is 2. The van der Waals surface area contributed by atoms with Gasteiger partial charge in [0.15, 0.2) is 18.0 Å². The molecule has 2 atom stereocenters. The Morgan fingerprint density at radius 2 is 2.09 bits per heavy atom. The van der Waals surface area contributed by atoms with Crippen LogP contribution in [0.1, 0.15) is 21.5 Å². The van der Waals surface area contributed by atoms with Crippen LogP contribution in [0.25, 0.3) is 0 Å². The molecule has 2 unspecified atom stereocenters. The summed E-state index contributed by atoms with van der Waals surface area (Å²) in [5.74, 6) is -4.28. The number of amides is 2. The summed E-state index contributed by atoms with van der Waals surface area (Å²) in [5.41, 5.74) is 5.65. The molecular weight excluding hydrogens is 470 g/mol. The van der Waals surface area contributed by atoms with Crippen LogP contribution in [0.2, 0.25) is 0 Å². The molecule has 0 saturated carbocycles. The number of ether oxygens (including phenoxy) is 2. The number of nitrogens with one attached hydrogen (secondary N) is 1. The van der Waals surface area contributed by atoms with Gasteiger partial charge in [0.25, 0.3) is 11.8 Å². The predicted octanol–water partition coefficient (Wildman–Crippen LogP) is 1.05. The number of rotatable bonds is 8. The van der Waals surface area contributed by atoms with Crippen molar-refractivity contribution >= 4 is 29.2 Å². The molecule has 13 heteroatoms. The van der Waals surface area contributed by atoms with Crippen molar-refractivity contribution in [1.82, 2.24) is 0 Å². The number of anilines is 2. The lowest BCUT2D eigenvalue weighted by molar-refractivity contribution is -0.150. The van der Waals surface area contributed by atoms with Gasteiger partial charge in [-0.15, -0.1) is 0 Å². The number of hydrogen-bond acceptors (Lipinski definition) is 8. The number of carboxylic acids is 1. The zero-order valence-corrected chi connectivity index (χ0v) is 18.0. The van der Waals surface area contributed by atoms with Crippen LogP contribution in [-0.4, -0.2) is 60.0 Å². The van der Waals surface area contributed by atoms with Gasteiger partial charge in [-0.3, -0.25) is 9.59 Å². The van der Waals surface area contributed by atoms with Gasteiger partial charge in [-0.1, -0.05) is 6.07 Å². The molecule has 2 aromatic rings. The Hall–Kier alpha value is -4.12. The Morgan fingerprint density at radius 1 is 1.34 bits per heavy atom. The number of aliphatic hydroxyl groups excluding tert-OH is 1. The number of benzene rings is 2. The first kappa shape index (κ1) is 25.5. The lowest BCUT2D eigenvalue weighted by Crippen LogP contribution is -2.55. The number of alkyl halides is 2. The maximum Gasteiger partial charge on any atom is 0.387 e. The van der Waals surface area contributed by atoms with Gasteiger partial charge >= 0.3 is 12.6 Å². The van der Waals surface area contributed by atoms with Crippen molar-refractivity contribution < 1.29 is 42.9 Å². The van der Waals surface area contributed by atoms with E-state index >= 15 is 0 Å². The molecule has 2 aromatic carbocycles. The van der Waals surface area contributed by atoms with Crippen LogP contribution >= 0.6 is 0 Å². The summed E-state index contributed by atoms with van der Waals surface area (Å²) in [6.45, 7) is -3.72. The standard InChI is InChI=1S/C22H20F2N4O7/c23-22(24)35-17-14(21(32)33)2-1-3-15(17)28-6-7-34-18(20(28)31)16(29)19(30)27-13-5-4-11(9-25)12(8-13)10-26/h1-5,8,16,18,22,29H,6-7,10,26H2,(H,27,30)(H,32,33). The highest BCUT2D eigenvalue weighted by Gasteiger charge is 2.40. The molecule has 0 aliphatic carbocycles. The van der Waals surface area contributed by atoms with Gasteiger partial charge in [-0.05, 0) is 35.9 Å². The molecule has 35 heavy (non-hydrogen) atoms. The lowest BCUT2D eigenvalue weighted by Gasteiger charge is -2.35. The van der Waals surface area contributed by atoms with Gasteiger partial charge in [0.05, 0.1) is 23.9 Å². The van der Waals surface area contributed by atoms with Crippen molar-refractivity contribution in [2.24, 2.45) is 5.73 Å². The first-order valence-corrected chi connectivity index (χ1v) is 10.1. The SMILES string of the molecule is N#Cc1ccc(NC(=O)C(O)C2OCCN(c3cccc(C(=O)O)c3OC(F)F)C2=O)cc1CN. The second kappa shape index (κ2) is 10.9. The summed E-state index contributed by atoms with van der Waals surface area (Å²) in [6.07, 6.45) is -3.73. The van der Waals surface area contributed by atoms with Gasteiger partial charge < -0.3 is 35.6 Å². The minimum atomic E-state index is -3.37. The van der Waals surface area contributed by atoms with Crippen LogP contribution in [0.5, 0.6) is 5.75 Å². The second-order valence-electron chi connectivity index (χ2n) is 7.24. The minimum absolute atomic E-state index is 0.0206. The normalized spacial score (nSPS) is 16.5. The summed E-state index contributed by atoms with van der Waals surface area (Å²) in [6, 6.07) is 9.67. The van der Waals surface area contributed by atoms with Crippen LogP contribution in [0.4, 0.5) is 20.2 Å². The number of nitrogens with zero attached hydrogens (tertiary/aromatic N) is 2. The summed E-state index contributed by atoms with van der Waals surface area (Å²) in [7, 11) is 0. The topological polar surface area (TPSA) is 175 Å². The molecular formula is C22H20F2N4O7. The van der Waals surface area contributed by atoms with Crippen molar-refractivity contribution in [3.05, 3.63) is 53.1 Å². The maximum absolute atomic E-state index is 13.0. The van der Waals surface area contributed by atoms with E-state index in [1.807, 2.05) is 6.07 Å². The number of hydrogen-bond donors (Lipinski definition) is 4. The molecule has 0 radical (unpaired) electrons. The average molecular weight is 490 g/mol. The third-order valence-electron chi connectivity index (χ3n) is 5.11. The van der Waals surface area contributed by atoms with Crippen molar-refractivity contribution in [3.63, 3.8) is 0 Å². The molecule has 2 amide bonds. The highest BCUT2D eigenvalue weighted by molar-refractivity contribution is 6.05. The molecule has 1 saturated heterocycles. The Kier molecular flexibility index (Phi) is 7.92. The van der Waals surface area contributed by atoms with Gasteiger partial charge in [-0.2, -0.15) is 14.0 Å². The molecule has 1 fully saturated rings. The van der Waals surface area contributed by atoms with E-state index in [1.54, 1.807) is 0 Å². The van der Waals surface area contributed by atoms with Crippen molar-refractivity contribution in [2.75, 3.05) is 23.4 Å². The Balaban J connectivity index is 1.84. The summed E-state index contributed by atoms with van der Waals surface area (Å²) in [5, 5.41) is 31.3. The number of carbonyl (C=O) groups excluding carboxylic acids is 2. The van der Waals surface area contributed by atoms with Crippen LogP contribution in [0.3, 0.4) is 0 Å². The molecule has 0 aromatic heterocycles. The van der Waals surface area contributed by atoms with E-state index in [1.165, 1.54) is 30.3 Å². The number of nitriles is 1. The number of carbonyl (C=O) groups is 3. The third-order valence-corrected chi connectivity index (χ3v) is 5.11. The quantitative estimate of drug-likeness (QED) is 0.421. The maximum atomic E-state index is 13.0. The van der Waals surface area contributed by atoms with Gasteiger partial charge in [0, 0.05) is 18.8 Å². The van der Waals surface area contributed by atoms with E-state index in [9.17, 15) is 33.4 Å². The molecule has 3 rings (SSSR count). The molecule has 184 valence electrons. The average Bonchev–Trinajstić information content (AvgIpc) is 2.83. The fourth-order valence-electron chi connectivity index (χ4n) is 3.49. The highest BCUT2D eigenvalue weighted by Crippen LogP contribution is 2.35. The summed E-state index contributed by atoms with van der Waals surface area (Å²) < 4.78 is 35.6. The lowest BCUT2D eigenvalue weighted by atomic mass is 10.1. The first-order chi connectivity index (χ1) is 16.7. The molecule has 1 aliphatic rings. The molecule has 11 nitrogen and oxygen atoms in total. The molecule has 5 N–H and O–H groups in total. The second-order valence-corrected chi connectivity index (χ2v) is 7.24. The zero-order valence-electron chi connectivity index (χ0n) is 18.0. The Morgan fingerprint density at radius 3 is 2.71 bits per heavy atom. The number of morpholine rings is 1. The molecule has 1 aliphatic heterocycles. The number of carboxylic acid groups (broad SMARTS) is 1. The van der Waals surface area contributed by atoms with Gasteiger partial charge in [0.1, 0.15) is 5.56 Å². The van der Waals surface area contributed by atoms with Crippen LogP contribution in [0, 0.1) is 11.3 Å². The van der Waals surface area contributed by atoms with Crippen LogP contribution < -0.4 is 20.7 Å². The Bertz CT molecular complexity index is 1180. The van der Waals surface area contributed by atoms with Gasteiger partial charge in [0.2, 0.25) is 0 Å². The highest BCUT2D eigenvalue weighted by atomic mass is 19.3. The molecule has 1 heterocycles. The van der Waals surface area contributed by atoms with E-state index in [0.717, 1.165) is 11.0 Å². The molecule has 0 bridgehead atoms. The smallest absolute Gasteiger partial charge is 0.387 e. The number of aromatic carboxylic acids is 1. The minimum Gasteiger partial charge on any atom is -0.478 e. The summed E-state index contributed by atoms with van der Waals surface area (Å²) in [4.78, 5) is 38.0. The van der Waals surface area contributed by atoms with Crippen molar-refractivity contribution in [1.29, 1.82) is 5.26 Å². The number of aliphatic hydroxyl groups is 1. The Labute approximate surface area is 197 Å². The van der Waals surface area contributed by atoms with E-state index in [4.69, 9.17) is 15.7 Å². The number of nitrogens with two attached hydrogens (primary N) is 1. The fourth-order valence-corrected chi connectivity index (χ4v) is 3.49. The van der Waals surface area contributed by atoms with E-state index < -0.39 is 47.9 Å². The fraction of sp³-hybridized carbons (Fsp3) is 0.273. The van der Waals surface area contributed by atoms with Gasteiger partial charge in [-0.25, -0.2) is 4.79 Å².